The Kier molecular flexibility index (Phi) is 6.37. The van der Waals surface area contributed by atoms with E-state index >= 15 is 0 Å². The number of hydrogen-bond acceptors (Lipinski definition) is 3. The Balaban J connectivity index is 2.46. The van der Waals surface area contributed by atoms with E-state index < -0.39 is 11.5 Å². The smallest absolute Gasteiger partial charge is 0.227 e. The molecule has 0 fully saturated rings. The number of rotatable bonds is 7. The fraction of sp³-hybridized carbons (Fsp3) is 0.500. The maximum absolute atomic E-state index is 11.9. The molecule has 5 heteroatoms. The van der Waals surface area contributed by atoms with Crippen LogP contribution in [0.2, 0.25) is 0 Å². The second-order valence-electron chi connectivity index (χ2n) is 5.65. The SMILES string of the molecule is CCNC(=O)C(C)(C)CNC(=O)CC(O)c1ccccc1. The van der Waals surface area contributed by atoms with Crippen molar-refractivity contribution in [3.8, 4) is 0 Å². The number of amides is 2. The van der Waals surface area contributed by atoms with Crippen molar-refractivity contribution in [2.75, 3.05) is 13.1 Å². The normalized spacial score (nSPS) is 12.6. The molecule has 0 saturated carbocycles. The first-order chi connectivity index (χ1) is 9.86. The summed E-state index contributed by atoms with van der Waals surface area (Å²) in [6, 6.07) is 9.03. The monoisotopic (exact) mass is 292 g/mol. The van der Waals surface area contributed by atoms with E-state index in [0.717, 1.165) is 0 Å². The van der Waals surface area contributed by atoms with E-state index in [0.29, 0.717) is 12.1 Å². The predicted molar refractivity (Wildman–Crippen MR) is 81.5 cm³/mol. The molecule has 21 heavy (non-hydrogen) atoms. The van der Waals surface area contributed by atoms with E-state index in [9.17, 15) is 14.7 Å². The number of carbonyl (C=O) groups excluding carboxylic acids is 2. The van der Waals surface area contributed by atoms with Gasteiger partial charge in [0.1, 0.15) is 0 Å². The Labute approximate surface area is 125 Å². The number of benzene rings is 1. The number of aliphatic hydroxyl groups excluding tert-OH is 1. The summed E-state index contributed by atoms with van der Waals surface area (Å²) in [6.07, 6.45) is -0.853. The van der Waals surface area contributed by atoms with Crippen LogP contribution in [-0.2, 0) is 9.59 Å². The van der Waals surface area contributed by atoms with E-state index in [1.165, 1.54) is 0 Å². The van der Waals surface area contributed by atoms with Crippen molar-refractivity contribution in [1.82, 2.24) is 10.6 Å². The molecule has 1 unspecified atom stereocenters. The zero-order valence-corrected chi connectivity index (χ0v) is 12.8. The van der Waals surface area contributed by atoms with Crippen LogP contribution in [0, 0.1) is 5.41 Å². The Morgan fingerprint density at radius 1 is 1.19 bits per heavy atom. The Morgan fingerprint density at radius 3 is 2.38 bits per heavy atom. The highest BCUT2D eigenvalue weighted by atomic mass is 16.3. The number of nitrogens with one attached hydrogen (secondary N) is 2. The van der Waals surface area contributed by atoms with Gasteiger partial charge in [-0.25, -0.2) is 0 Å². The summed E-state index contributed by atoms with van der Waals surface area (Å²) in [5.41, 5.74) is 0.0271. The van der Waals surface area contributed by atoms with Gasteiger partial charge in [-0.15, -0.1) is 0 Å². The summed E-state index contributed by atoms with van der Waals surface area (Å²) in [6.45, 7) is 6.18. The van der Waals surface area contributed by atoms with Crippen LogP contribution in [0.3, 0.4) is 0 Å². The van der Waals surface area contributed by atoms with Gasteiger partial charge in [-0.05, 0) is 26.3 Å². The fourth-order valence-corrected chi connectivity index (χ4v) is 1.84. The first kappa shape index (κ1) is 17.2. The van der Waals surface area contributed by atoms with Gasteiger partial charge in [0.25, 0.3) is 0 Å². The van der Waals surface area contributed by atoms with Gasteiger partial charge in [0, 0.05) is 13.1 Å². The van der Waals surface area contributed by atoms with Gasteiger partial charge in [-0.3, -0.25) is 9.59 Å². The Bertz CT molecular complexity index is 472. The van der Waals surface area contributed by atoms with E-state index in [2.05, 4.69) is 10.6 Å². The minimum Gasteiger partial charge on any atom is -0.388 e. The summed E-state index contributed by atoms with van der Waals surface area (Å²) in [7, 11) is 0. The van der Waals surface area contributed by atoms with Crippen molar-refractivity contribution in [1.29, 1.82) is 0 Å². The van der Waals surface area contributed by atoms with Crippen molar-refractivity contribution >= 4 is 11.8 Å². The van der Waals surface area contributed by atoms with Gasteiger partial charge < -0.3 is 15.7 Å². The average molecular weight is 292 g/mol. The van der Waals surface area contributed by atoms with Crippen molar-refractivity contribution < 1.29 is 14.7 Å². The maximum Gasteiger partial charge on any atom is 0.227 e. The number of aliphatic hydroxyl groups is 1. The molecule has 2 amide bonds. The van der Waals surface area contributed by atoms with Gasteiger partial charge in [0.2, 0.25) is 11.8 Å². The summed E-state index contributed by atoms with van der Waals surface area (Å²) in [5, 5.41) is 15.4. The lowest BCUT2D eigenvalue weighted by Crippen LogP contribution is -2.45. The molecule has 0 spiro atoms. The Morgan fingerprint density at radius 2 is 1.81 bits per heavy atom. The van der Waals surface area contributed by atoms with Gasteiger partial charge in [-0.1, -0.05) is 30.3 Å². The lowest BCUT2D eigenvalue weighted by Gasteiger charge is -2.24. The van der Waals surface area contributed by atoms with Crippen LogP contribution in [-0.4, -0.2) is 30.0 Å². The van der Waals surface area contributed by atoms with Crippen molar-refractivity contribution in [2.24, 2.45) is 5.41 Å². The van der Waals surface area contributed by atoms with Crippen LogP contribution in [0.25, 0.3) is 0 Å². The van der Waals surface area contributed by atoms with Crippen LogP contribution in [0.15, 0.2) is 30.3 Å². The molecule has 0 radical (unpaired) electrons. The van der Waals surface area contributed by atoms with E-state index in [1.807, 2.05) is 25.1 Å². The van der Waals surface area contributed by atoms with Crippen molar-refractivity contribution in [2.45, 2.75) is 33.3 Å². The molecule has 1 atom stereocenters. The molecular formula is C16H24N2O3. The first-order valence-electron chi connectivity index (χ1n) is 7.15. The first-order valence-corrected chi connectivity index (χ1v) is 7.15. The molecule has 0 bridgehead atoms. The van der Waals surface area contributed by atoms with Crippen LogP contribution in [0.4, 0.5) is 0 Å². The Hall–Kier alpha value is -1.88. The third-order valence-corrected chi connectivity index (χ3v) is 3.24. The quantitative estimate of drug-likeness (QED) is 0.710. The van der Waals surface area contributed by atoms with Crippen LogP contribution in [0.5, 0.6) is 0 Å². The molecular weight excluding hydrogens is 268 g/mol. The summed E-state index contributed by atoms with van der Waals surface area (Å²) in [5.74, 6) is -0.377. The maximum atomic E-state index is 11.9. The van der Waals surface area contributed by atoms with Crippen LogP contribution < -0.4 is 10.6 Å². The van der Waals surface area contributed by atoms with E-state index in [1.54, 1.807) is 26.0 Å². The van der Waals surface area contributed by atoms with Gasteiger partial charge in [-0.2, -0.15) is 0 Å². The van der Waals surface area contributed by atoms with E-state index in [4.69, 9.17) is 0 Å². The molecule has 0 aliphatic carbocycles. The summed E-state index contributed by atoms with van der Waals surface area (Å²) >= 11 is 0. The second-order valence-corrected chi connectivity index (χ2v) is 5.65. The summed E-state index contributed by atoms with van der Waals surface area (Å²) < 4.78 is 0. The second kappa shape index (κ2) is 7.78. The number of carbonyl (C=O) groups is 2. The highest BCUT2D eigenvalue weighted by molar-refractivity contribution is 5.83. The molecule has 5 nitrogen and oxygen atoms in total. The fourth-order valence-electron chi connectivity index (χ4n) is 1.84. The van der Waals surface area contributed by atoms with Crippen molar-refractivity contribution in [3.05, 3.63) is 35.9 Å². The van der Waals surface area contributed by atoms with Gasteiger partial charge in [0.05, 0.1) is 17.9 Å². The third kappa shape index (κ3) is 5.55. The molecule has 1 rings (SSSR count). The number of hydrogen-bond donors (Lipinski definition) is 3. The zero-order valence-electron chi connectivity index (χ0n) is 12.8. The molecule has 3 N–H and O–H groups in total. The van der Waals surface area contributed by atoms with Gasteiger partial charge >= 0.3 is 0 Å². The largest absolute Gasteiger partial charge is 0.388 e. The molecule has 116 valence electrons. The topological polar surface area (TPSA) is 78.4 Å². The van der Waals surface area contributed by atoms with E-state index in [-0.39, 0.29) is 24.8 Å². The molecule has 0 saturated heterocycles. The predicted octanol–water partition coefficient (Wildman–Crippen LogP) is 1.39. The lowest BCUT2D eigenvalue weighted by atomic mass is 9.92. The summed E-state index contributed by atoms with van der Waals surface area (Å²) in [4.78, 5) is 23.7. The third-order valence-electron chi connectivity index (χ3n) is 3.24. The molecule has 0 aliphatic heterocycles. The molecule has 0 aliphatic rings. The van der Waals surface area contributed by atoms with Crippen LogP contribution >= 0.6 is 0 Å². The average Bonchev–Trinajstić information content (AvgIpc) is 2.46. The molecule has 0 aromatic heterocycles. The highest BCUT2D eigenvalue weighted by Gasteiger charge is 2.27. The van der Waals surface area contributed by atoms with Crippen molar-refractivity contribution in [3.63, 3.8) is 0 Å². The van der Waals surface area contributed by atoms with Gasteiger partial charge in [0.15, 0.2) is 0 Å². The lowest BCUT2D eigenvalue weighted by molar-refractivity contribution is -0.130. The minimum atomic E-state index is -0.834. The van der Waals surface area contributed by atoms with Crippen LogP contribution in [0.1, 0.15) is 38.9 Å². The molecule has 1 aromatic rings. The molecule has 0 heterocycles. The zero-order chi connectivity index (χ0) is 15.9. The standard InChI is InChI=1S/C16H24N2O3/c1-4-17-15(21)16(2,3)11-18-14(20)10-13(19)12-8-6-5-7-9-12/h5-9,13,19H,4,10-11H2,1-3H3,(H,17,21)(H,18,20). The minimum absolute atomic E-state index is 0.0184. The highest BCUT2D eigenvalue weighted by Crippen LogP contribution is 2.17. The molecule has 1 aromatic carbocycles.